The van der Waals surface area contributed by atoms with E-state index in [-0.39, 0.29) is 6.04 Å². The van der Waals surface area contributed by atoms with E-state index in [0.717, 1.165) is 59.7 Å². The predicted molar refractivity (Wildman–Crippen MR) is 141 cm³/mol. The zero-order chi connectivity index (χ0) is 24.5. The van der Waals surface area contributed by atoms with E-state index in [1.165, 1.54) is 0 Å². The van der Waals surface area contributed by atoms with Crippen molar-refractivity contribution in [3.63, 3.8) is 0 Å². The van der Waals surface area contributed by atoms with Crippen molar-refractivity contribution >= 4 is 45.8 Å². The Morgan fingerprint density at radius 1 is 1.14 bits per heavy atom. The maximum absolute atomic E-state index is 6.49. The second kappa shape index (κ2) is 9.65. The van der Waals surface area contributed by atoms with Crippen LogP contribution >= 0.6 is 11.6 Å². The maximum atomic E-state index is 6.49. The molecule has 2 atom stereocenters. The average molecular weight is 492 g/mol. The van der Waals surface area contributed by atoms with Gasteiger partial charge in [-0.05, 0) is 62.9 Å². The molecule has 0 saturated carbocycles. The lowest BCUT2D eigenvalue weighted by Crippen LogP contribution is -2.46. The molecule has 4 heterocycles. The van der Waals surface area contributed by atoms with Gasteiger partial charge < -0.3 is 15.5 Å². The Balaban J connectivity index is 1.30. The minimum absolute atomic E-state index is 0.253. The van der Waals surface area contributed by atoms with Crippen LogP contribution in [0.25, 0.3) is 10.9 Å². The van der Waals surface area contributed by atoms with E-state index in [4.69, 9.17) is 16.6 Å². The van der Waals surface area contributed by atoms with Crippen LogP contribution in [0.2, 0.25) is 5.02 Å². The van der Waals surface area contributed by atoms with Gasteiger partial charge in [-0.15, -0.1) is 5.10 Å². The number of halogens is 1. The van der Waals surface area contributed by atoms with Gasteiger partial charge in [0.2, 0.25) is 5.95 Å². The maximum Gasteiger partial charge on any atom is 0.229 e. The third-order valence-corrected chi connectivity index (χ3v) is 7.10. The summed E-state index contributed by atoms with van der Waals surface area (Å²) in [5.74, 6) is 2.48. The van der Waals surface area contributed by atoms with Crippen molar-refractivity contribution in [3.8, 4) is 0 Å². The summed E-state index contributed by atoms with van der Waals surface area (Å²) in [5.41, 5.74) is 3.86. The number of aromatic nitrogens is 6. The Morgan fingerprint density at radius 3 is 2.77 bits per heavy atom. The molecule has 0 radical (unpaired) electrons. The monoisotopic (exact) mass is 491 g/mol. The third kappa shape index (κ3) is 4.86. The van der Waals surface area contributed by atoms with Crippen molar-refractivity contribution in [1.29, 1.82) is 0 Å². The molecule has 2 unspecified atom stereocenters. The molecule has 0 amide bonds. The van der Waals surface area contributed by atoms with Crippen LogP contribution in [0.5, 0.6) is 0 Å². The minimum atomic E-state index is 0.253. The molecule has 1 fully saturated rings. The SMILES string of the molecule is CCC1CN(c2ccc(C)nn2)CCC1Nc1nc(Nc2ccc3c(C)n(C)nc3c2)ncc1Cl. The van der Waals surface area contributed by atoms with Gasteiger partial charge >= 0.3 is 0 Å². The number of hydrogen-bond donors (Lipinski definition) is 2. The van der Waals surface area contributed by atoms with Crippen LogP contribution in [0.1, 0.15) is 31.2 Å². The lowest BCUT2D eigenvalue weighted by atomic mass is 9.90. The minimum Gasteiger partial charge on any atom is -0.366 e. The Morgan fingerprint density at radius 2 is 2.00 bits per heavy atom. The number of benzene rings is 1. The second-order valence-corrected chi connectivity index (χ2v) is 9.55. The normalized spacial score (nSPS) is 18.1. The summed E-state index contributed by atoms with van der Waals surface area (Å²) in [4.78, 5) is 11.4. The van der Waals surface area contributed by atoms with Crippen LogP contribution in [0.15, 0.2) is 36.5 Å². The topological polar surface area (TPSA) is 96.7 Å². The lowest BCUT2D eigenvalue weighted by Gasteiger charge is -2.39. The fourth-order valence-corrected chi connectivity index (χ4v) is 4.79. The first-order valence-corrected chi connectivity index (χ1v) is 12.3. The van der Waals surface area contributed by atoms with Crippen LogP contribution in [-0.4, -0.2) is 49.1 Å². The number of piperidine rings is 1. The molecule has 9 nitrogen and oxygen atoms in total. The molecule has 10 heteroatoms. The Bertz CT molecular complexity index is 1340. The summed E-state index contributed by atoms with van der Waals surface area (Å²) in [7, 11) is 1.95. The first kappa shape index (κ1) is 23.3. The zero-order valence-electron chi connectivity index (χ0n) is 20.5. The van der Waals surface area contributed by atoms with Gasteiger partial charge in [0.1, 0.15) is 5.02 Å². The molecule has 3 aromatic heterocycles. The van der Waals surface area contributed by atoms with Gasteiger partial charge in [0.25, 0.3) is 0 Å². The Labute approximate surface area is 209 Å². The highest BCUT2D eigenvalue weighted by Crippen LogP contribution is 2.29. The Kier molecular flexibility index (Phi) is 6.42. The van der Waals surface area contributed by atoms with Crippen molar-refractivity contribution in [2.24, 2.45) is 13.0 Å². The summed E-state index contributed by atoms with van der Waals surface area (Å²) in [6, 6.07) is 10.4. The largest absolute Gasteiger partial charge is 0.366 e. The molecule has 182 valence electrons. The highest BCUT2D eigenvalue weighted by atomic mass is 35.5. The number of nitrogens with one attached hydrogen (secondary N) is 2. The summed E-state index contributed by atoms with van der Waals surface area (Å²) in [5, 5.41) is 21.7. The molecule has 1 aromatic carbocycles. The smallest absolute Gasteiger partial charge is 0.229 e. The van der Waals surface area contributed by atoms with E-state index in [1.807, 2.05) is 42.9 Å². The fourth-order valence-electron chi connectivity index (χ4n) is 4.65. The standard InChI is InChI=1S/C25H30ClN9/c1-5-17-14-35(23-9-6-15(2)31-32-23)11-10-21(17)29-24-20(26)13-27-25(30-24)28-18-7-8-19-16(3)34(4)33-22(19)12-18/h6-9,12-13,17,21H,5,10-11,14H2,1-4H3,(H2,27,28,29,30). The molecule has 35 heavy (non-hydrogen) atoms. The highest BCUT2D eigenvalue weighted by molar-refractivity contribution is 6.32. The summed E-state index contributed by atoms with van der Waals surface area (Å²) in [6.45, 7) is 8.03. The molecular weight excluding hydrogens is 462 g/mol. The number of fused-ring (bicyclic) bond motifs is 1. The molecule has 1 aliphatic heterocycles. The summed E-state index contributed by atoms with van der Waals surface area (Å²) >= 11 is 6.49. The molecule has 4 aromatic rings. The summed E-state index contributed by atoms with van der Waals surface area (Å²) in [6.07, 6.45) is 3.62. The number of rotatable bonds is 6. The second-order valence-electron chi connectivity index (χ2n) is 9.14. The van der Waals surface area contributed by atoms with E-state index in [2.05, 4.69) is 55.7 Å². The number of hydrogen-bond acceptors (Lipinski definition) is 8. The molecule has 1 saturated heterocycles. The van der Waals surface area contributed by atoms with E-state index in [0.29, 0.717) is 22.7 Å². The van der Waals surface area contributed by atoms with Crippen LogP contribution < -0.4 is 15.5 Å². The van der Waals surface area contributed by atoms with Gasteiger partial charge in [-0.3, -0.25) is 4.68 Å². The zero-order valence-corrected chi connectivity index (χ0v) is 21.2. The van der Waals surface area contributed by atoms with Gasteiger partial charge in [-0.2, -0.15) is 15.2 Å². The van der Waals surface area contributed by atoms with Crippen LogP contribution in [0.4, 0.5) is 23.3 Å². The van der Waals surface area contributed by atoms with Crippen LogP contribution in [0, 0.1) is 19.8 Å². The van der Waals surface area contributed by atoms with Crippen molar-refractivity contribution in [1.82, 2.24) is 29.9 Å². The predicted octanol–water partition coefficient (Wildman–Crippen LogP) is 4.88. The van der Waals surface area contributed by atoms with Crippen molar-refractivity contribution in [2.45, 2.75) is 39.7 Å². The van der Waals surface area contributed by atoms with E-state index in [1.54, 1.807) is 6.20 Å². The average Bonchev–Trinajstić information content (AvgIpc) is 3.14. The van der Waals surface area contributed by atoms with Crippen molar-refractivity contribution in [2.75, 3.05) is 28.6 Å². The first-order valence-electron chi connectivity index (χ1n) is 12.0. The van der Waals surface area contributed by atoms with Gasteiger partial charge in [0.15, 0.2) is 11.6 Å². The van der Waals surface area contributed by atoms with Crippen LogP contribution in [-0.2, 0) is 7.05 Å². The quantitative estimate of drug-likeness (QED) is 0.393. The molecule has 1 aliphatic rings. The van der Waals surface area contributed by atoms with Crippen molar-refractivity contribution < 1.29 is 0 Å². The van der Waals surface area contributed by atoms with E-state index < -0.39 is 0 Å². The summed E-state index contributed by atoms with van der Waals surface area (Å²) < 4.78 is 1.89. The molecule has 5 rings (SSSR count). The Hall–Kier alpha value is -3.46. The third-order valence-electron chi connectivity index (χ3n) is 6.82. The molecule has 0 aliphatic carbocycles. The number of nitrogens with zero attached hydrogens (tertiary/aromatic N) is 7. The molecule has 0 bridgehead atoms. The van der Waals surface area contributed by atoms with Gasteiger partial charge in [-0.1, -0.05) is 18.5 Å². The molecular formula is C25H30ClN9. The van der Waals surface area contributed by atoms with Gasteiger partial charge in [0.05, 0.1) is 17.4 Å². The molecule has 2 N–H and O–H groups in total. The lowest BCUT2D eigenvalue weighted by molar-refractivity contribution is 0.365. The number of aryl methyl sites for hydroxylation is 3. The van der Waals surface area contributed by atoms with E-state index in [9.17, 15) is 0 Å². The fraction of sp³-hybridized carbons (Fsp3) is 0.400. The highest BCUT2D eigenvalue weighted by Gasteiger charge is 2.29. The van der Waals surface area contributed by atoms with Crippen LogP contribution in [0.3, 0.4) is 0 Å². The molecule has 0 spiro atoms. The van der Waals surface area contributed by atoms with E-state index >= 15 is 0 Å². The van der Waals surface area contributed by atoms with Gasteiger partial charge in [0, 0.05) is 42.9 Å². The first-order chi connectivity index (χ1) is 16.9. The van der Waals surface area contributed by atoms with Gasteiger partial charge in [-0.25, -0.2) is 4.98 Å². The van der Waals surface area contributed by atoms with Crippen molar-refractivity contribution in [3.05, 3.63) is 52.9 Å². The number of anilines is 4.